The molecule has 27 heavy (non-hydrogen) atoms. The molecule has 3 N–H and O–H groups in total. The Bertz CT molecular complexity index is 788. The van der Waals surface area contributed by atoms with Crippen molar-refractivity contribution in [3.63, 3.8) is 0 Å². The van der Waals surface area contributed by atoms with Crippen LogP contribution >= 0.6 is 0 Å². The van der Waals surface area contributed by atoms with Gasteiger partial charge in [-0.3, -0.25) is 0 Å². The fraction of sp³-hybridized carbons (Fsp3) is 0.417. The number of benzene rings is 1. The Morgan fingerprint density at radius 1 is 1.15 bits per heavy atom. The molecule has 3 aliphatic rings. The first-order valence-electron chi connectivity index (χ1n) is 10.2. The van der Waals surface area contributed by atoms with Crippen LogP contribution in [-0.4, -0.2) is 12.1 Å². The quantitative estimate of drug-likeness (QED) is 0.776. The molecule has 1 aromatic carbocycles. The molecule has 0 fully saturated rings. The van der Waals surface area contributed by atoms with Gasteiger partial charge in [-0.05, 0) is 74.3 Å². The van der Waals surface area contributed by atoms with Gasteiger partial charge in [0, 0.05) is 24.2 Å². The summed E-state index contributed by atoms with van der Waals surface area (Å²) in [5.74, 6) is 2.61. The van der Waals surface area contributed by atoms with E-state index >= 15 is 0 Å². The number of nitrogens with two attached hydrogens (primary N) is 1. The van der Waals surface area contributed by atoms with E-state index in [0.717, 1.165) is 49.3 Å². The highest BCUT2D eigenvalue weighted by atomic mass is 16.5. The molecule has 3 heteroatoms. The van der Waals surface area contributed by atoms with E-state index in [9.17, 15) is 0 Å². The summed E-state index contributed by atoms with van der Waals surface area (Å²) in [5, 5.41) is 3.89. The summed E-state index contributed by atoms with van der Waals surface area (Å²) in [5.41, 5.74) is 10.1. The third kappa shape index (κ3) is 4.19. The molecule has 3 nitrogen and oxygen atoms in total. The van der Waals surface area contributed by atoms with Crippen LogP contribution in [0.15, 0.2) is 77.2 Å². The monoisotopic (exact) mass is 362 g/mol. The minimum atomic E-state index is 0.334. The maximum Gasteiger partial charge on any atom is 0.126 e. The molecule has 0 saturated carbocycles. The molecular weight excluding hydrogens is 332 g/mol. The van der Waals surface area contributed by atoms with Gasteiger partial charge in [-0.25, -0.2) is 0 Å². The van der Waals surface area contributed by atoms with Crippen molar-refractivity contribution in [2.75, 3.05) is 0 Å². The summed E-state index contributed by atoms with van der Waals surface area (Å²) in [6.07, 6.45) is 15.5. The molecule has 0 bridgehead atoms. The van der Waals surface area contributed by atoms with Crippen molar-refractivity contribution in [1.82, 2.24) is 5.32 Å². The smallest absolute Gasteiger partial charge is 0.126 e. The fourth-order valence-corrected chi connectivity index (χ4v) is 4.53. The van der Waals surface area contributed by atoms with Crippen molar-refractivity contribution in [2.24, 2.45) is 11.7 Å². The number of para-hydroxylation sites is 1. The van der Waals surface area contributed by atoms with E-state index in [1.54, 1.807) is 0 Å². The van der Waals surface area contributed by atoms with E-state index in [4.69, 9.17) is 10.5 Å². The van der Waals surface area contributed by atoms with Gasteiger partial charge in [-0.2, -0.15) is 0 Å². The Kier molecular flexibility index (Phi) is 5.49. The molecule has 0 aromatic heterocycles. The second-order valence-corrected chi connectivity index (χ2v) is 7.91. The molecule has 3 unspecified atom stereocenters. The lowest BCUT2D eigenvalue weighted by Gasteiger charge is -2.35. The number of rotatable bonds is 5. The Balaban J connectivity index is 1.39. The molecule has 0 heterocycles. The van der Waals surface area contributed by atoms with E-state index < -0.39 is 0 Å². The second-order valence-electron chi connectivity index (χ2n) is 7.91. The SMILES string of the molecule is CC(NC1CC=CC2=C1C(N)=CCC2)C1CCC=C(Oc2ccccc2)C1. The lowest BCUT2D eigenvalue weighted by atomic mass is 9.82. The molecule has 4 rings (SSSR count). The first kappa shape index (κ1) is 18.1. The topological polar surface area (TPSA) is 47.3 Å². The van der Waals surface area contributed by atoms with Crippen LogP contribution < -0.4 is 15.8 Å². The summed E-state index contributed by atoms with van der Waals surface area (Å²) >= 11 is 0. The Hall–Kier alpha value is -2.26. The van der Waals surface area contributed by atoms with Crippen molar-refractivity contribution in [3.05, 3.63) is 77.2 Å². The molecule has 0 aliphatic heterocycles. The van der Waals surface area contributed by atoms with E-state index in [1.165, 1.54) is 17.6 Å². The number of hydrogen-bond donors (Lipinski definition) is 2. The average molecular weight is 363 g/mol. The van der Waals surface area contributed by atoms with Crippen LogP contribution in [-0.2, 0) is 0 Å². The minimum absolute atomic E-state index is 0.334. The number of ether oxygens (including phenoxy) is 1. The van der Waals surface area contributed by atoms with Gasteiger partial charge in [0.25, 0.3) is 0 Å². The van der Waals surface area contributed by atoms with Crippen LogP contribution in [0.5, 0.6) is 5.75 Å². The normalized spacial score (nSPS) is 26.1. The lowest BCUT2D eigenvalue weighted by Crippen LogP contribution is -2.44. The standard InChI is InChI=1S/C24H30N2O/c1-17(26-23-15-7-9-18-8-6-14-22(25)24(18)23)19-10-5-13-21(16-19)27-20-11-3-2-4-12-20/h2-4,7,9,11-14,17,19,23,26H,5-6,8,10,15-16,25H2,1H3. The van der Waals surface area contributed by atoms with Crippen LogP contribution in [0.1, 0.15) is 45.4 Å². The van der Waals surface area contributed by atoms with Crippen molar-refractivity contribution in [2.45, 2.75) is 57.5 Å². The summed E-state index contributed by atoms with van der Waals surface area (Å²) in [4.78, 5) is 0. The number of allylic oxidation sites excluding steroid dienone is 5. The molecule has 3 atom stereocenters. The maximum absolute atomic E-state index is 6.34. The zero-order chi connectivity index (χ0) is 18.6. The van der Waals surface area contributed by atoms with Crippen LogP contribution in [0.4, 0.5) is 0 Å². The predicted octanol–water partition coefficient (Wildman–Crippen LogP) is 4.99. The van der Waals surface area contributed by atoms with Gasteiger partial charge in [-0.1, -0.05) is 36.4 Å². The highest BCUT2D eigenvalue weighted by Gasteiger charge is 2.29. The van der Waals surface area contributed by atoms with Crippen LogP contribution in [0, 0.1) is 5.92 Å². The lowest BCUT2D eigenvalue weighted by molar-refractivity contribution is 0.275. The molecule has 0 spiro atoms. The average Bonchev–Trinajstić information content (AvgIpc) is 2.69. The van der Waals surface area contributed by atoms with Crippen LogP contribution in [0.3, 0.4) is 0 Å². The second kappa shape index (κ2) is 8.18. The number of hydrogen-bond acceptors (Lipinski definition) is 3. The van der Waals surface area contributed by atoms with Crippen LogP contribution in [0.25, 0.3) is 0 Å². The summed E-state index contributed by atoms with van der Waals surface area (Å²) in [6.45, 7) is 2.32. The van der Waals surface area contributed by atoms with Gasteiger partial charge in [0.2, 0.25) is 0 Å². The predicted molar refractivity (Wildman–Crippen MR) is 111 cm³/mol. The van der Waals surface area contributed by atoms with Crippen molar-refractivity contribution in [1.29, 1.82) is 0 Å². The Morgan fingerprint density at radius 3 is 2.85 bits per heavy atom. The first-order valence-corrected chi connectivity index (χ1v) is 10.2. The van der Waals surface area contributed by atoms with Gasteiger partial charge in [0.05, 0.1) is 0 Å². The Morgan fingerprint density at radius 2 is 2.00 bits per heavy atom. The molecule has 0 radical (unpaired) electrons. The molecule has 142 valence electrons. The minimum Gasteiger partial charge on any atom is -0.462 e. The summed E-state index contributed by atoms with van der Waals surface area (Å²) in [7, 11) is 0. The maximum atomic E-state index is 6.34. The van der Waals surface area contributed by atoms with E-state index in [2.05, 4.69) is 36.5 Å². The third-order valence-corrected chi connectivity index (χ3v) is 6.01. The largest absolute Gasteiger partial charge is 0.462 e. The Labute approximate surface area is 162 Å². The molecule has 0 saturated heterocycles. The van der Waals surface area contributed by atoms with Crippen molar-refractivity contribution >= 4 is 0 Å². The van der Waals surface area contributed by atoms with Gasteiger partial charge >= 0.3 is 0 Å². The van der Waals surface area contributed by atoms with Crippen molar-refractivity contribution in [3.8, 4) is 5.75 Å². The highest BCUT2D eigenvalue weighted by Crippen LogP contribution is 2.33. The number of nitrogens with one attached hydrogen (secondary N) is 1. The van der Waals surface area contributed by atoms with E-state index in [1.807, 2.05) is 30.3 Å². The molecular formula is C24H30N2O. The summed E-state index contributed by atoms with van der Waals surface area (Å²) < 4.78 is 6.11. The van der Waals surface area contributed by atoms with Gasteiger partial charge in [-0.15, -0.1) is 0 Å². The van der Waals surface area contributed by atoms with E-state index in [0.29, 0.717) is 18.0 Å². The van der Waals surface area contributed by atoms with Crippen molar-refractivity contribution < 1.29 is 4.74 Å². The third-order valence-electron chi connectivity index (χ3n) is 6.01. The first-order chi connectivity index (χ1) is 13.2. The van der Waals surface area contributed by atoms with E-state index in [-0.39, 0.29) is 0 Å². The highest BCUT2D eigenvalue weighted by molar-refractivity contribution is 5.47. The zero-order valence-electron chi connectivity index (χ0n) is 16.2. The van der Waals surface area contributed by atoms with Gasteiger partial charge < -0.3 is 15.8 Å². The van der Waals surface area contributed by atoms with Crippen LogP contribution in [0.2, 0.25) is 0 Å². The summed E-state index contributed by atoms with van der Waals surface area (Å²) in [6, 6.07) is 10.9. The molecule has 1 aromatic rings. The molecule has 3 aliphatic carbocycles. The molecule has 0 amide bonds. The fourth-order valence-electron chi connectivity index (χ4n) is 4.53. The van der Waals surface area contributed by atoms with Gasteiger partial charge in [0.1, 0.15) is 11.5 Å². The van der Waals surface area contributed by atoms with Gasteiger partial charge in [0.15, 0.2) is 0 Å². The zero-order valence-corrected chi connectivity index (χ0v) is 16.2.